The maximum atomic E-state index is 6.06. The number of nitrogens with zero attached hydrogens (tertiary/aromatic N) is 2. The molecule has 0 atom stereocenters. The van der Waals surface area contributed by atoms with Crippen LogP contribution >= 0.6 is 0 Å². The van der Waals surface area contributed by atoms with E-state index in [2.05, 4.69) is 35.9 Å². The second-order valence-electron chi connectivity index (χ2n) is 6.14. The summed E-state index contributed by atoms with van der Waals surface area (Å²) in [5, 5.41) is 1.07. The smallest absolute Gasteiger partial charge is 0.0955 e. The summed E-state index contributed by atoms with van der Waals surface area (Å²) in [6.07, 6.45) is 4.40. The topological polar surface area (TPSA) is 42.1 Å². The van der Waals surface area contributed by atoms with Crippen molar-refractivity contribution in [2.24, 2.45) is 11.8 Å². The number of hydrogen-bond acceptors (Lipinski definition) is 3. The monoisotopic (exact) mass is 269 g/mol. The van der Waals surface area contributed by atoms with E-state index in [-0.39, 0.29) is 0 Å². The van der Waals surface area contributed by atoms with Gasteiger partial charge in [-0.3, -0.25) is 4.98 Å². The Bertz CT molecular complexity index is 598. The van der Waals surface area contributed by atoms with Gasteiger partial charge in [-0.05, 0) is 48.9 Å². The van der Waals surface area contributed by atoms with Crippen LogP contribution in [0.5, 0.6) is 0 Å². The van der Waals surface area contributed by atoms with Gasteiger partial charge in [-0.25, -0.2) is 0 Å². The van der Waals surface area contributed by atoms with Crippen LogP contribution in [0.3, 0.4) is 0 Å². The molecule has 0 bridgehead atoms. The van der Waals surface area contributed by atoms with Crippen LogP contribution in [-0.2, 0) is 0 Å². The molecular weight excluding hydrogens is 246 g/mol. The molecule has 1 fully saturated rings. The molecule has 0 amide bonds. The summed E-state index contributed by atoms with van der Waals surface area (Å²) < 4.78 is 0. The fourth-order valence-electron chi connectivity index (χ4n) is 3.24. The van der Waals surface area contributed by atoms with Crippen LogP contribution in [0, 0.1) is 11.8 Å². The zero-order valence-electron chi connectivity index (χ0n) is 12.3. The SMILES string of the molecule is CC(C)C1CCN(c2ccc(N)c3cccnc23)CC1. The van der Waals surface area contributed by atoms with Crippen molar-refractivity contribution in [2.75, 3.05) is 23.7 Å². The Morgan fingerprint density at radius 1 is 1.20 bits per heavy atom. The Balaban J connectivity index is 1.90. The highest BCUT2D eigenvalue weighted by Gasteiger charge is 2.23. The number of nitrogen functional groups attached to an aromatic ring is 1. The van der Waals surface area contributed by atoms with Gasteiger partial charge in [0.15, 0.2) is 0 Å². The van der Waals surface area contributed by atoms with Crippen molar-refractivity contribution in [3.8, 4) is 0 Å². The normalized spacial score (nSPS) is 17.1. The molecule has 0 unspecified atom stereocenters. The third kappa shape index (κ3) is 2.33. The average Bonchev–Trinajstić information content (AvgIpc) is 2.48. The number of pyridine rings is 1. The van der Waals surface area contributed by atoms with Crippen molar-refractivity contribution < 1.29 is 0 Å². The van der Waals surface area contributed by atoms with E-state index < -0.39 is 0 Å². The van der Waals surface area contributed by atoms with E-state index in [1.54, 1.807) is 0 Å². The van der Waals surface area contributed by atoms with E-state index in [0.29, 0.717) is 0 Å². The van der Waals surface area contributed by atoms with Gasteiger partial charge >= 0.3 is 0 Å². The number of rotatable bonds is 2. The number of piperidine rings is 1. The van der Waals surface area contributed by atoms with Crippen molar-refractivity contribution in [1.82, 2.24) is 4.98 Å². The highest BCUT2D eigenvalue weighted by Crippen LogP contribution is 2.33. The van der Waals surface area contributed by atoms with Gasteiger partial charge in [-0.15, -0.1) is 0 Å². The molecule has 3 nitrogen and oxygen atoms in total. The summed E-state index contributed by atoms with van der Waals surface area (Å²) in [5.74, 6) is 1.65. The molecule has 2 aromatic rings. The van der Waals surface area contributed by atoms with Gasteiger partial charge in [0.1, 0.15) is 0 Å². The predicted octanol–water partition coefficient (Wildman–Crippen LogP) is 3.69. The van der Waals surface area contributed by atoms with Gasteiger partial charge in [0.2, 0.25) is 0 Å². The van der Waals surface area contributed by atoms with E-state index in [0.717, 1.165) is 41.5 Å². The molecule has 1 aromatic heterocycles. The fraction of sp³-hybridized carbons (Fsp3) is 0.471. The summed E-state index contributed by atoms with van der Waals surface area (Å²) in [6.45, 7) is 6.91. The molecule has 0 aliphatic carbocycles. The van der Waals surface area contributed by atoms with Gasteiger partial charge in [-0.1, -0.05) is 13.8 Å². The minimum absolute atomic E-state index is 0.790. The van der Waals surface area contributed by atoms with E-state index in [9.17, 15) is 0 Å². The van der Waals surface area contributed by atoms with Crippen molar-refractivity contribution in [2.45, 2.75) is 26.7 Å². The first-order valence-electron chi connectivity index (χ1n) is 7.55. The van der Waals surface area contributed by atoms with E-state index in [1.807, 2.05) is 18.3 Å². The van der Waals surface area contributed by atoms with Crippen LogP contribution in [0.15, 0.2) is 30.5 Å². The first-order chi connectivity index (χ1) is 9.66. The van der Waals surface area contributed by atoms with Crippen molar-refractivity contribution in [3.63, 3.8) is 0 Å². The summed E-state index contributed by atoms with van der Waals surface area (Å²) in [4.78, 5) is 7.02. The van der Waals surface area contributed by atoms with E-state index in [1.165, 1.54) is 18.5 Å². The number of nitrogens with two attached hydrogens (primary N) is 1. The quantitative estimate of drug-likeness (QED) is 0.845. The standard InChI is InChI=1S/C17H23N3/c1-12(2)13-7-10-20(11-8-13)16-6-5-15(18)14-4-3-9-19-17(14)16/h3-6,9,12-13H,7-8,10-11,18H2,1-2H3. The lowest BCUT2D eigenvalue weighted by atomic mass is 9.86. The maximum absolute atomic E-state index is 6.06. The molecule has 20 heavy (non-hydrogen) atoms. The highest BCUT2D eigenvalue weighted by molar-refractivity contribution is 5.98. The van der Waals surface area contributed by atoms with Crippen LogP contribution in [0.2, 0.25) is 0 Å². The molecule has 0 saturated carbocycles. The molecule has 2 heterocycles. The molecular formula is C17H23N3. The van der Waals surface area contributed by atoms with Gasteiger partial charge in [0, 0.05) is 30.4 Å². The summed E-state index contributed by atoms with van der Waals surface area (Å²) in [5.41, 5.74) is 9.14. The lowest BCUT2D eigenvalue weighted by Gasteiger charge is -2.35. The van der Waals surface area contributed by atoms with Gasteiger partial charge in [-0.2, -0.15) is 0 Å². The van der Waals surface area contributed by atoms with Gasteiger partial charge in [0.05, 0.1) is 11.2 Å². The van der Waals surface area contributed by atoms with Gasteiger partial charge in [0.25, 0.3) is 0 Å². The zero-order chi connectivity index (χ0) is 14.1. The number of anilines is 2. The molecule has 1 aliphatic rings. The minimum atomic E-state index is 0.790. The van der Waals surface area contributed by atoms with Crippen LogP contribution in [0.4, 0.5) is 11.4 Å². The molecule has 1 saturated heterocycles. The highest BCUT2D eigenvalue weighted by atomic mass is 15.1. The lowest BCUT2D eigenvalue weighted by molar-refractivity contribution is 0.311. The Hall–Kier alpha value is -1.77. The summed E-state index contributed by atoms with van der Waals surface area (Å²) >= 11 is 0. The van der Waals surface area contributed by atoms with Crippen LogP contribution < -0.4 is 10.6 Å². The van der Waals surface area contributed by atoms with Crippen LogP contribution in [0.25, 0.3) is 10.9 Å². The third-order valence-electron chi connectivity index (χ3n) is 4.61. The minimum Gasteiger partial charge on any atom is -0.398 e. The molecule has 0 radical (unpaired) electrons. The molecule has 3 rings (SSSR count). The molecule has 1 aromatic carbocycles. The Kier molecular flexibility index (Phi) is 3.51. The van der Waals surface area contributed by atoms with E-state index in [4.69, 9.17) is 5.73 Å². The van der Waals surface area contributed by atoms with Crippen molar-refractivity contribution in [1.29, 1.82) is 0 Å². The summed E-state index contributed by atoms with van der Waals surface area (Å²) in [7, 11) is 0. The fourth-order valence-corrected chi connectivity index (χ4v) is 3.24. The van der Waals surface area contributed by atoms with Crippen LogP contribution in [-0.4, -0.2) is 18.1 Å². The lowest BCUT2D eigenvalue weighted by Crippen LogP contribution is -2.35. The number of aromatic nitrogens is 1. The Morgan fingerprint density at radius 3 is 2.65 bits per heavy atom. The van der Waals surface area contributed by atoms with Gasteiger partial charge < -0.3 is 10.6 Å². The zero-order valence-corrected chi connectivity index (χ0v) is 12.3. The first-order valence-corrected chi connectivity index (χ1v) is 7.55. The largest absolute Gasteiger partial charge is 0.398 e. The number of fused-ring (bicyclic) bond motifs is 1. The van der Waals surface area contributed by atoms with Crippen molar-refractivity contribution >= 4 is 22.3 Å². The molecule has 3 heteroatoms. The molecule has 106 valence electrons. The molecule has 1 aliphatic heterocycles. The third-order valence-corrected chi connectivity index (χ3v) is 4.61. The van der Waals surface area contributed by atoms with Crippen molar-refractivity contribution in [3.05, 3.63) is 30.5 Å². The molecule has 2 N–H and O–H groups in total. The van der Waals surface area contributed by atoms with E-state index >= 15 is 0 Å². The maximum Gasteiger partial charge on any atom is 0.0955 e. The molecule has 0 spiro atoms. The average molecular weight is 269 g/mol. The first kappa shape index (κ1) is 13.2. The predicted molar refractivity (Wildman–Crippen MR) is 85.9 cm³/mol. The Labute approximate surface area is 120 Å². The second-order valence-corrected chi connectivity index (χ2v) is 6.14. The number of hydrogen-bond donors (Lipinski definition) is 1. The number of benzene rings is 1. The van der Waals surface area contributed by atoms with Crippen LogP contribution in [0.1, 0.15) is 26.7 Å². The Morgan fingerprint density at radius 2 is 1.95 bits per heavy atom. The summed E-state index contributed by atoms with van der Waals surface area (Å²) in [6, 6.07) is 8.14. The second kappa shape index (κ2) is 5.31.